The molecule has 0 unspecified atom stereocenters. The molecule has 0 amide bonds. The van der Waals surface area contributed by atoms with E-state index in [2.05, 4.69) is 6.92 Å². The Kier molecular flexibility index (Phi) is 4.93. The molecule has 2 N–H and O–H groups in total. The summed E-state index contributed by atoms with van der Waals surface area (Å²) in [7, 11) is 0. The maximum atomic E-state index is 13.6. The summed E-state index contributed by atoms with van der Waals surface area (Å²) in [6.07, 6.45) is 6.14. The first-order chi connectivity index (χ1) is 9.98. The van der Waals surface area contributed by atoms with Gasteiger partial charge in [-0.3, -0.25) is 10.1 Å². The monoisotopic (exact) mass is 294 g/mol. The molecule has 2 rings (SSSR count). The lowest BCUT2D eigenvalue weighted by molar-refractivity contribution is -0.385. The van der Waals surface area contributed by atoms with Crippen molar-refractivity contribution in [2.75, 3.05) is 6.54 Å². The van der Waals surface area contributed by atoms with Crippen molar-refractivity contribution < 1.29 is 9.31 Å². The number of benzene rings is 1. The number of rotatable bonds is 5. The van der Waals surface area contributed by atoms with E-state index >= 15 is 0 Å². The second-order valence-corrected chi connectivity index (χ2v) is 6.31. The number of hydrogen-bond donors (Lipinski definition) is 1. The average molecular weight is 294 g/mol. The zero-order valence-corrected chi connectivity index (χ0v) is 12.5. The van der Waals surface area contributed by atoms with Crippen LogP contribution in [0.4, 0.5) is 10.1 Å². The summed E-state index contributed by atoms with van der Waals surface area (Å²) in [6, 6.07) is 3.84. The quantitative estimate of drug-likeness (QED) is 0.663. The van der Waals surface area contributed by atoms with Crippen molar-refractivity contribution in [2.24, 2.45) is 17.1 Å². The number of nitrogens with zero attached hydrogens (tertiary/aromatic N) is 1. The van der Waals surface area contributed by atoms with E-state index in [4.69, 9.17) is 5.73 Å². The Morgan fingerprint density at radius 1 is 1.38 bits per heavy atom. The number of hydrogen-bond acceptors (Lipinski definition) is 3. The van der Waals surface area contributed by atoms with Crippen molar-refractivity contribution in [3.63, 3.8) is 0 Å². The van der Waals surface area contributed by atoms with Crippen molar-refractivity contribution in [3.8, 4) is 0 Å². The fraction of sp³-hybridized carbons (Fsp3) is 0.625. The minimum atomic E-state index is -0.548. The third-order valence-electron chi connectivity index (χ3n) is 4.91. The number of non-ortho nitro benzene ring substituents is 1. The summed E-state index contributed by atoms with van der Waals surface area (Å²) >= 11 is 0. The van der Waals surface area contributed by atoms with Crippen LogP contribution in [0.15, 0.2) is 18.2 Å². The molecule has 1 aliphatic rings. The third kappa shape index (κ3) is 3.79. The van der Waals surface area contributed by atoms with Gasteiger partial charge in [0.05, 0.1) is 11.0 Å². The molecule has 1 fully saturated rings. The predicted molar refractivity (Wildman–Crippen MR) is 80.5 cm³/mol. The molecular formula is C16H23FN2O2. The molecule has 1 aliphatic carbocycles. The zero-order chi connectivity index (χ0) is 15.5. The third-order valence-corrected chi connectivity index (χ3v) is 4.91. The van der Waals surface area contributed by atoms with Crippen molar-refractivity contribution >= 4 is 5.69 Å². The summed E-state index contributed by atoms with van der Waals surface area (Å²) in [4.78, 5) is 10.3. The summed E-state index contributed by atoms with van der Waals surface area (Å²) < 4.78 is 13.6. The number of halogens is 1. The maximum Gasteiger partial charge on any atom is 0.272 e. The van der Waals surface area contributed by atoms with E-state index in [0.717, 1.165) is 37.7 Å². The van der Waals surface area contributed by atoms with E-state index in [1.165, 1.54) is 18.6 Å². The zero-order valence-electron chi connectivity index (χ0n) is 12.5. The molecular weight excluding hydrogens is 271 g/mol. The molecule has 5 heteroatoms. The van der Waals surface area contributed by atoms with Gasteiger partial charge in [-0.05, 0) is 61.6 Å². The predicted octanol–water partition coefficient (Wildman–Crippen LogP) is 3.82. The van der Waals surface area contributed by atoms with Crippen molar-refractivity contribution in [1.82, 2.24) is 0 Å². The molecule has 21 heavy (non-hydrogen) atoms. The highest BCUT2D eigenvalue weighted by molar-refractivity contribution is 5.35. The van der Waals surface area contributed by atoms with Gasteiger partial charge < -0.3 is 5.73 Å². The Balaban J connectivity index is 2.17. The van der Waals surface area contributed by atoms with Crippen LogP contribution < -0.4 is 5.73 Å². The molecule has 1 aromatic rings. The van der Waals surface area contributed by atoms with Crippen LogP contribution in [0.1, 0.15) is 44.6 Å². The summed E-state index contributed by atoms with van der Waals surface area (Å²) in [5.41, 5.74) is 6.45. The smallest absolute Gasteiger partial charge is 0.272 e. The molecule has 0 atom stereocenters. The van der Waals surface area contributed by atoms with Crippen LogP contribution in [0.25, 0.3) is 0 Å². The van der Waals surface area contributed by atoms with Crippen LogP contribution in [0, 0.1) is 27.3 Å². The lowest BCUT2D eigenvalue weighted by Crippen LogP contribution is -2.36. The van der Waals surface area contributed by atoms with Gasteiger partial charge in [0.1, 0.15) is 5.82 Å². The average Bonchev–Trinajstić information content (AvgIpc) is 2.47. The lowest BCUT2D eigenvalue weighted by Gasteiger charge is -2.39. The van der Waals surface area contributed by atoms with Gasteiger partial charge in [-0.1, -0.05) is 13.3 Å². The van der Waals surface area contributed by atoms with Gasteiger partial charge in [-0.25, -0.2) is 4.39 Å². The van der Waals surface area contributed by atoms with Crippen LogP contribution in [0.5, 0.6) is 0 Å². The first-order valence-corrected chi connectivity index (χ1v) is 7.62. The molecule has 0 aliphatic heterocycles. The minimum Gasteiger partial charge on any atom is -0.330 e. The molecule has 0 bridgehead atoms. The van der Waals surface area contributed by atoms with Crippen LogP contribution in [-0.2, 0) is 6.42 Å². The Labute approximate surface area is 124 Å². The van der Waals surface area contributed by atoms with E-state index in [9.17, 15) is 14.5 Å². The highest BCUT2D eigenvalue weighted by atomic mass is 19.1. The maximum absolute atomic E-state index is 13.6. The second-order valence-electron chi connectivity index (χ2n) is 6.31. The second kappa shape index (κ2) is 6.52. The highest BCUT2D eigenvalue weighted by Crippen LogP contribution is 2.42. The van der Waals surface area contributed by atoms with Gasteiger partial charge in [-0.15, -0.1) is 0 Å². The molecule has 0 aromatic heterocycles. The van der Waals surface area contributed by atoms with Crippen molar-refractivity contribution in [3.05, 3.63) is 39.7 Å². The van der Waals surface area contributed by atoms with Gasteiger partial charge in [-0.2, -0.15) is 0 Å². The molecule has 116 valence electrons. The standard InChI is InChI=1S/C16H23FN2O2/c1-2-12-3-5-16(11-18,6-4-12)10-13-7-14(17)9-15(8-13)19(20)21/h7-9,12H,2-6,10-11,18H2,1H3. The van der Waals surface area contributed by atoms with Crippen LogP contribution in [-0.4, -0.2) is 11.5 Å². The summed E-state index contributed by atoms with van der Waals surface area (Å²) in [5, 5.41) is 10.8. The van der Waals surface area contributed by atoms with Gasteiger partial charge in [0.15, 0.2) is 0 Å². The van der Waals surface area contributed by atoms with E-state index in [1.54, 1.807) is 0 Å². The molecule has 0 saturated heterocycles. The van der Waals surface area contributed by atoms with E-state index in [0.29, 0.717) is 18.5 Å². The Bertz CT molecular complexity index is 511. The van der Waals surface area contributed by atoms with Gasteiger partial charge in [0, 0.05) is 6.07 Å². The SMILES string of the molecule is CCC1CCC(CN)(Cc2cc(F)cc([N+](=O)[O-])c2)CC1. The minimum absolute atomic E-state index is 0.0344. The number of nitrogens with two attached hydrogens (primary N) is 1. The first kappa shape index (κ1) is 15.9. The highest BCUT2D eigenvalue weighted by Gasteiger charge is 2.34. The fourth-order valence-electron chi connectivity index (χ4n) is 3.43. The summed E-state index contributed by atoms with van der Waals surface area (Å²) in [6.45, 7) is 2.75. The van der Waals surface area contributed by atoms with E-state index in [1.807, 2.05) is 0 Å². The normalized spacial score (nSPS) is 25.8. The molecule has 0 spiro atoms. The fourth-order valence-corrected chi connectivity index (χ4v) is 3.43. The van der Waals surface area contributed by atoms with Gasteiger partial charge in [0.2, 0.25) is 0 Å². The largest absolute Gasteiger partial charge is 0.330 e. The number of nitro benzene ring substituents is 1. The Morgan fingerprint density at radius 2 is 2.05 bits per heavy atom. The Hall–Kier alpha value is -1.49. The van der Waals surface area contributed by atoms with Gasteiger partial charge >= 0.3 is 0 Å². The Morgan fingerprint density at radius 3 is 2.57 bits per heavy atom. The first-order valence-electron chi connectivity index (χ1n) is 7.62. The van der Waals surface area contributed by atoms with E-state index < -0.39 is 10.7 Å². The molecule has 0 radical (unpaired) electrons. The molecule has 1 saturated carbocycles. The molecule has 1 aromatic carbocycles. The van der Waals surface area contributed by atoms with Crippen LogP contribution in [0.3, 0.4) is 0 Å². The topological polar surface area (TPSA) is 69.2 Å². The van der Waals surface area contributed by atoms with Crippen LogP contribution in [0.2, 0.25) is 0 Å². The van der Waals surface area contributed by atoms with E-state index in [-0.39, 0.29) is 11.1 Å². The van der Waals surface area contributed by atoms with Crippen LogP contribution >= 0.6 is 0 Å². The van der Waals surface area contributed by atoms with Crippen molar-refractivity contribution in [2.45, 2.75) is 45.4 Å². The summed E-state index contributed by atoms with van der Waals surface area (Å²) in [5.74, 6) is 0.208. The lowest BCUT2D eigenvalue weighted by atomic mass is 9.67. The van der Waals surface area contributed by atoms with Crippen molar-refractivity contribution in [1.29, 1.82) is 0 Å². The molecule has 0 heterocycles. The van der Waals surface area contributed by atoms with Gasteiger partial charge in [0.25, 0.3) is 5.69 Å². The molecule has 4 nitrogen and oxygen atoms in total. The number of nitro groups is 1.